The van der Waals surface area contributed by atoms with Crippen molar-refractivity contribution >= 4 is 64.0 Å². The predicted molar refractivity (Wildman–Crippen MR) is 218 cm³/mol. The van der Waals surface area contributed by atoms with E-state index in [4.69, 9.17) is 21.1 Å². The van der Waals surface area contributed by atoms with Gasteiger partial charge in [-0.05, 0) is 90.1 Å². The Hall–Kier alpha value is -5.57. The third kappa shape index (κ3) is 12.8. The van der Waals surface area contributed by atoms with Gasteiger partial charge in [0.1, 0.15) is 46.5 Å². The standard InChI is InChI=1S/C20H28N6O2.C19H24ClN5O2/c1-20(2,3)28-19(27)26-11-9-25(10-12-26)16-7-5-15(6-8-16)24-18-13-17(21-4)22-14-23-18;1-19(2,3)27-18(26)25-10-8-24(9-11-25)15-6-4-14(5-7-15)23-17-12-16(20)21-13-22-17/h5-8,13-14H,9-12H2,1-4H3,(H2,21,22,23,24);4-7,12-13H,8-11H2,1-3H3,(H,21,22,23). The van der Waals surface area contributed by atoms with Gasteiger partial charge in [0.15, 0.2) is 0 Å². The summed E-state index contributed by atoms with van der Waals surface area (Å²) in [5, 5.41) is 9.86. The first-order valence-electron chi connectivity index (χ1n) is 18.3. The van der Waals surface area contributed by atoms with Crippen molar-refractivity contribution < 1.29 is 19.1 Å². The van der Waals surface area contributed by atoms with Gasteiger partial charge in [-0.2, -0.15) is 0 Å². The molecule has 2 fully saturated rings. The summed E-state index contributed by atoms with van der Waals surface area (Å²) < 4.78 is 10.9. The molecule has 2 aliphatic heterocycles. The minimum atomic E-state index is -0.467. The van der Waals surface area contributed by atoms with Gasteiger partial charge in [0.2, 0.25) is 0 Å². The number of hydrogen-bond acceptors (Lipinski definition) is 13. The van der Waals surface area contributed by atoms with Gasteiger partial charge in [-0.1, -0.05) is 11.6 Å². The first kappa shape index (κ1) is 40.6. The number of carbonyl (C=O) groups excluding carboxylic acids is 2. The molecule has 6 rings (SSSR count). The van der Waals surface area contributed by atoms with E-state index < -0.39 is 11.2 Å². The quantitative estimate of drug-likeness (QED) is 0.162. The van der Waals surface area contributed by atoms with Gasteiger partial charge in [-0.25, -0.2) is 29.5 Å². The minimum Gasteiger partial charge on any atom is -0.444 e. The summed E-state index contributed by atoms with van der Waals surface area (Å²) in [5.41, 5.74) is 3.19. The van der Waals surface area contributed by atoms with E-state index in [1.54, 1.807) is 15.9 Å². The largest absolute Gasteiger partial charge is 0.444 e. The smallest absolute Gasteiger partial charge is 0.410 e. The molecule has 2 saturated heterocycles. The van der Waals surface area contributed by atoms with E-state index in [0.717, 1.165) is 60.6 Å². The number of anilines is 7. The van der Waals surface area contributed by atoms with Crippen molar-refractivity contribution in [3.8, 4) is 0 Å². The van der Waals surface area contributed by atoms with Crippen LogP contribution in [0.2, 0.25) is 5.15 Å². The molecular weight excluding hydrogens is 722 g/mol. The highest BCUT2D eigenvalue weighted by Gasteiger charge is 2.27. The zero-order valence-corrected chi connectivity index (χ0v) is 33.4. The number of halogens is 1. The molecule has 0 atom stereocenters. The van der Waals surface area contributed by atoms with Crippen LogP contribution in [0.15, 0.2) is 73.3 Å². The molecule has 0 aliphatic carbocycles. The fourth-order valence-electron chi connectivity index (χ4n) is 5.72. The molecule has 16 heteroatoms. The maximum Gasteiger partial charge on any atom is 0.410 e. The number of nitrogens with one attached hydrogen (secondary N) is 3. The zero-order chi connectivity index (χ0) is 39.6. The van der Waals surface area contributed by atoms with Gasteiger partial charge in [0.25, 0.3) is 0 Å². The van der Waals surface area contributed by atoms with Crippen LogP contribution in [0.3, 0.4) is 0 Å². The summed E-state index contributed by atoms with van der Waals surface area (Å²) >= 11 is 5.87. The highest BCUT2D eigenvalue weighted by atomic mass is 35.5. The average molecular weight is 774 g/mol. The Bertz CT molecular complexity index is 1850. The van der Waals surface area contributed by atoms with Crippen molar-refractivity contribution in [2.75, 3.05) is 85.2 Å². The number of benzene rings is 2. The van der Waals surface area contributed by atoms with Crippen LogP contribution in [0.5, 0.6) is 0 Å². The van der Waals surface area contributed by atoms with E-state index in [-0.39, 0.29) is 12.2 Å². The molecule has 0 spiro atoms. The van der Waals surface area contributed by atoms with Gasteiger partial charge < -0.3 is 45.0 Å². The Kier molecular flexibility index (Phi) is 13.4. The maximum atomic E-state index is 12.2. The zero-order valence-electron chi connectivity index (χ0n) is 32.7. The van der Waals surface area contributed by atoms with Gasteiger partial charge in [0.05, 0.1) is 0 Å². The summed E-state index contributed by atoms with van der Waals surface area (Å²) in [6.45, 7) is 17.0. The lowest BCUT2D eigenvalue weighted by Crippen LogP contribution is -2.50. The third-order valence-electron chi connectivity index (χ3n) is 8.43. The second-order valence-electron chi connectivity index (χ2n) is 15.0. The van der Waals surface area contributed by atoms with Crippen molar-refractivity contribution in [1.29, 1.82) is 0 Å². The molecule has 4 aromatic rings. The van der Waals surface area contributed by atoms with Crippen LogP contribution >= 0.6 is 11.6 Å². The monoisotopic (exact) mass is 773 g/mol. The van der Waals surface area contributed by atoms with Gasteiger partial charge in [0, 0.05) is 94.3 Å². The number of rotatable bonds is 7. The van der Waals surface area contributed by atoms with Gasteiger partial charge in [-0.3, -0.25) is 0 Å². The minimum absolute atomic E-state index is 0.238. The average Bonchev–Trinajstić information content (AvgIpc) is 3.15. The van der Waals surface area contributed by atoms with E-state index in [9.17, 15) is 9.59 Å². The molecule has 294 valence electrons. The van der Waals surface area contributed by atoms with Crippen molar-refractivity contribution in [1.82, 2.24) is 29.7 Å². The molecule has 0 radical (unpaired) electrons. The molecule has 2 aromatic carbocycles. The highest BCUT2D eigenvalue weighted by molar-refractivity contribution is 6.29. The molecule has 2 amide bonds. The second-order valence-corrected chi connectivity index (χ2v) is 15.4. The third-order valence-corrected chi connectivity index (χ3v) is 8.64. The molecule has 0 saturated carbocycles. The molecule has 0 bridgehead atoms. The van der Waals surface area contributed by atoms with Gasteiger partial charge in [-0.15, -0.1) is 0 Å². The Labute approximate surface area is 328 Å². The molecule has 2 aliphatic rings. The second kappa shape index (κ2) is 18.2. The predicted octanol–water partition coefficient (Wildman–Crippen LogP) is 7.25. The van der Waals surface area contributed by atoms with Crippen LogP contribution in [0.1, 0.15) is 41.5 Å². The Morgan fingerprint density at radius 1 is 0.582 bits per heavy atom. The molecule has 2 aromatic heterocycles. The van der Waals surface area contributed by atoms with Crippen LogP contribution in [-0.2, 0) is 9.47 Å². The molecule has 4 heterocycles. The van der Waals surface area contributed by atoms with Crippen molar-refractivity contribution in [2.45, 2.75) is 52.7 Å². The topological polar surface area (TPSA) is 153 Å². The number of piperazine rings is 2. The van der Waals surface area contributed by atoms with Crippen molar-refractivity contribution in [3.05, 3.63) is 78.5 Å². The summed E-state index contributed by atoms with van der Waals surface area (Å²) in [5.74, 6) is 2.14. The number of ether oxygens (including phenoxy) is 2. The summed E-state index contributed by atoms with van der Waals surface area (Å²) in [6, 6.07) is 19.8. The van der Waals surface area contributed by atoms with E-state index in [1.165, 1.54) is 12.7 Å². The van der Waals surface area contributed by atoms with Gasteiger partial charge >= 0.3 is 12.2 Å². The van der Waals surface area contributed by atoms with Crippen molar-refractivity contribution in [3.63, 3.8) is 0 Å². The van der Waals surface area contributed by atoms with Crippen LogP contribution < -0.4 is 25.8 Å². The van der Waals surface area contributed by atoms with Crippen LogP contribution in [0.4, 0.5) is 49.8 Å². The normalized spacial score (nSPS) is 14.7. The summed E-state index contributed by atoms with van der Waals surface area (Å²) in [7, 11) is 1.82. The first-order valence-corrected chi connectivity index (χ1v) is 18.7. The summed E-state index contributed by atoms with van der Waals surface area (Å²) in [4.78, 5) is 48.7. The van der Waals surface area contributed by atoms with Crippen LogP contribution in [0, 0.1) is 0 Å². The Balaban J connectivity index is 0.000000211. The molecule has 3 N–H and O–H groups in total. The SMILES string of the molecule is CC(C)(C)OC(=O)N1CCN(c2ccc(Nc3cc(Cl)ncn3)cc2)CC1.CNc1cc(Nc2ccc(N3CCN(C(=O)OC(C)(C)C)CC3)cc2)ncn1. The number of aromatic nitrogens is 4. The van der Waals surface area contributed by atoms with Crippen LogP contribution in [-0.4, -0.2) is 113 Å². The van der Waals surface area contributed by atoms with E-state index in [2.05, 4.69) is 57.8 Å². The lowest BCUT2D eigenvalue weighted by Gasteiger charge is -2.36. The first-order chi connectivity index (χ1) is 26.1. The van der Waals surface area contributed by atoms with E-state index in [0.29, 0.717) is 37.1 Å². The molecule has 55 heavy (non-hydrogen) atoms. The molecule has 15 nitrogen and oxygen atoms in total. The fraction of sp³-hybridized carbons (Fsp3) is 0.436. The number of nitrogens with zero attached hydrogens (tertiary/aromatic N) is 8. The van der Waals surface area contributed by atoms with E-state index >= 15 is 0 Å². The Morgan fingerprint density at radius 2 is 0.964 bits per heavy atom. The Morgan fingerprint density at radius 3 is 1.35 bits per heavy atom. The molecular formula is C39H52ClN11O4. The lowest BCUT2D eigenvalue weighted by atomic mass is 10.2. The fourth-order valence-corrected chi connectivity index (χ4v) is 5.87. The van der Waals surface area contributed by atoms with Crippen LogP contribution in [0.25, 0.3) is 0 Å². The molecule has 0 unspecified atom stereocenters. The highest BCUT2D eigenvalue weighted by Crippen LogP contribution is 2.24. The number of hydrogen-bond donors (Lipinski definition) is 3. The maximum absolute atomic E-state index is 12.2. The number of amides is 2. The lowest BCUT2D eigenvalue weighted by molar-refractivity contribution is 0.0230. The van der Waals surface area contributed by atoms with Crippen molar-refractivity contribution in [2.24, 2.45) is 0 Å². The number of carbonyl (C=O) groups is 2. The van der Waals surface area contributed by atoms with E-state index in [1.807, 2.05) is 91.1 Å². The summed E-state index contributed by atoms with van der Waals surface area (Å²) in [6.07, 6.45) is 2.46.